The molecule has 0 spiro atoms. The molecular formula is C17H26N4OS. The van der Waals surface area contributed by atoms with Crippen LogP contribution in [0.15, 0.2) is 16.8 Å². The van der Waals surface area contributed by atoms with Crippen LogP contribution in [0.4, 0.5) is 0 Å². The third-order valence-corrected chi connectivity index (χ3v) is 5.46. The van der Waals surface area contributed by atoms with Crippen LogP contribution < -0.4 is 5.32 Å². The molecular weight excluding hydrogens is 308 g/mol. The predicted molar refractivity (Wildman–Crippen MR) is 92.6 cm³/mol. The fourth-order valence-electron chi connectivity index (χ4n) is 3.02. The normalized spacial score (nSPS) is 17.9. The Morgan fingerprint density at radius 2 is 2.26 bits per heavy atom. The number of hydrogen-bond acceptors (Lipinski definition) is 4. The van der Waals surface area contributed by atoms with Crippen LogP contribution in [0.2, 0.25) is 0 Å². The quantitative estimate of drug-likeness (QED) is 0.585. The fraction of sp³-hybridized carbons (Fsp3) is 0.706. The van der Waals surface area contributed by atoms with Crippen molar-refractivity contribution in [3.63, 3.8) is 0 Å². The van der Waals surface area contributed by atoms with Crippen molar-refractivity contribution in [2.24, 2.45) is 0 Å². The Balaban J connectivity index is 1.41. The highest BCUT2D eigenvalue weighted by Gasteiger charge is 2.30. The molecule has 1 fully saturated rings. The minimum Gasteiger partial charge on any atom is -0.355 e. The Labute approximate surface area is 142 Å². The number of nitrogens with one attached hydrogen (secondary N) is 1. The molecule has 1 heterocycles. The van der Waals surface area contributed by atoms with E-state index in [9.17, 15) is 4.79 Å². The molecule has 126 valence electrons. The van der Waals surface area contributed by atoms with Gasteiger partial charge in [-0.1, -0.05) is 23.4 Å². The Morgan fingerprint density at radius 1 is 1.39 bits per heavy atom. The van der Waals surface area contributed by atoms with E-state index in [-0.39, 0.29) is 5.91 Å². The summed E-state index contributed by atoms with van der Waals surface area (Å²) in [5.74, 6) is 2.20. The van der Waals surface area contributed by atoms with E-state index in [2.05, 4.69) is 33.1 Å². The fourth-order valence-corrected chi connectivity index (χ4v) is 3.86. The first-order valence-electron chi connectivity index (χ1n) is 8.78. The Bertz CT molecular complexity index is 577. The van der Waals surface area contributed by atoms with Gasteiger partial charge in [0.05, 0.1) is 5.75 Å². The first-order chi connectivity index (χ1) is 11.3. The molecule has 0 atom stereocenters. The summed E-state index contributed by atoms with van der Waals surface area (Å²) in [6.45, 7) is 3.73. The van der Waals surface area contributed by atoms with Crippen LogP contribution in [0.5, 0.6) is 0 Å². The van der Waals surface area contributed by atoms with Gasteiger partial charge in [0.15, 0.2) is 5.16 Å². The van der Waals surface area contributed by atoms with Crippen molar-refractivity contribution in [1.29, 1.82) is 0 Å². The highest BCUT2D eigenvalue weighted by molar-refractivity contribution is 7.99. The molecule has 6 heteroatoms. The Morgan fingerprint density at radius 3 is 2.96 bits per heavy atom. The van der Waals surface area contributed by atoms with Crippen molar-refractivity contribution >= 4 is 17.7 Å². The van der Waals surface area contributed by atoms with Gasteiger partial charge in [-0.05, 0) is 51.9 Å². The molecule has 1 aromatic heterocycles. The number of nitrogens with zero attached hydrogens (tertiary/aromatic N) is 3. The lowest BCUT2D eigenvalue weighted by atomic mass is 9.97. The molecule has 0 aromatic carbocycles. The lowest BCUT2D eigenvalue weighted by Crippen LogP contribution is -2.26. The molecule has 0 radical (unpaired) electrons. The molecule has 0 bridgehead atoms. The summed E-state index contributed by atoms with van der Waals surface area (Å²) in [4.78, 5) is 12.0. The second-order valence-corrected chi connectivity index (χ2v) is 7.30. The van der Waals surface area contributed by atoms with E-state index in [1.165, 1.54) is 55.9 Å². The number of carbonyl (C=O) groups excluding carboxylic acids is 1. The number of aromatic nitrogens is 3. The summed E-state index contributed by atoms with van der Waals surface area (Å²) < 4.78 is 2.16. The third kappa shape index (κ3) is 4.59. The van der Waals surface area contributed by atoms with E-state index < -0.39 is 0 Å². The highest BCUT2D eigenvalue weighted by atomic mass is 32.2. The van der Waals surface area contributed by atoms with Crippen LogP contribution in [-0.2, 0) is 11.3 Å². The van der Waals surface area contributed by atoms with Crippen molar-refractivity contribution < 1.29 is 4.79 Å². The molecule has 2 aliphatic carbocycles. The van der Waals surface area contributed by atoms with Gasteiger partial charge in [0.1, 0.15) is 5.82 Å². The van der Waals surface area contributed by atoms with Gasteiger partial charge in [-0.25, -0.2) is 0 Å². The smallest absolute Gasteiger partial charge is 0.230 e. The minimum atomic E-state index is 0.0880. The van der Waals surface area contributed by atoms with E-state index in [0.717, 1.165) is 30.5 Å². The maximum atomic E-state index is 12.0. The van der Waals surface area contributed by atoms with Gasteiger partial charge >= 0.3 is 0 Å². The van der Waals surface area contributed by atoms with E-state index in [1.54, 1.807) is 0 Å². The van der Waals surface area contributed by atoms with Gasteiger partial charge in [0.2, 0.25) is 5.91 Å². The predicted octanol–water partition coefficient (Wildman–Crippen LogP) is 3.27. The van der Waals surface area contributed by atoms with Crippen LogP contribution in [0, 0.1) is 0 Å². The standard InChI is InChI=1S/C17H26N4OS/c1-2-21-16(14-8-9-14)19-20-17(21)23-12-15(22)18-11-10-13-6-4-3-5-7-13/h6,14H,2-5,7-12H2,1H3,(H,18,22). The molecule has 23 heavy (non-hydrogen) atoms. The van der Waals surface area contributed by atoms with Crippen LogP contribution in [0.1, 0.15) is 63.6 Å². The molecule has 1 amide bonds. The van der Waals surface area contributed by atoms with E-state index in [0.29, 0.717) is 11.7 Å². The van der Waals surface area contributed by atoms with Gasteiger partial charge in [0, 0.05) is 19.0 Å². The number of amides is 1. The van der Waals surface area contributed by atoms with Crippen LogP contribution in [0.25, 0.3) is 0 Å². The number of carbonyl (C=O) groups is 1. The molecule has 3 rings (SSSR count). The van der Waals surface area contributed by atoms with Crippen molar-refractivity contribution in [3.05, 3.63) is 17.5 Å². The number of rotatable bonds is 8. The van der Waals surface area contributed by atoms with E-state index in [4.69, 9.17) is 0 Å². The van der Waals surface area contributed by atoms with Gasteiger partial charge in [-0.2, -0.15) is 0 Å². The second-order valence-electron chi connectivity index (χ2n) is 6.36. The van der Waals surface area contributed by atoms with Gasteiger partial charge in [-0.3, -0.25) is 4.79 Å². The van der Waals surface area contributed by atoms with Crippen LogP contribution in [-0.4, -0.2) is 33.0 Å². The van der Waals surface area contributed by atoms with E-state index >= 15 is 0 Å². The van der Waals surface area contributed by atoms with Gasteiger partial charge in [0.25, 0.3) is 0 Å². The molecule has 5 nitrogen and oxygen atoms in total. The number of allylic oxidation sites excluding steroid dienone is 1. The van der Waals surface area contributed by atoms with Gasteiger partial charge in [-0.15, -0.1) is 10.2 Å². The van der Waals surface area contributed by atoms with Crippen molar-refractivity contribution in [2.75, 3.05) is 12.3 Å². The Hall–Kier alpha value is -1.30. The van der Waals surface area contributed by atoms with E-state index in [1.807, 2.05) is 0 Å². The average molecular weight is 334 g/mol. The van der Waals surface area contributed by atoms with Crippen molar-refractivity contribution in [2.45, 2.75) is 69.5 Å². The second kappa shape index (κ2) is 7.99. The number of hydrogen-bond donors (Lipinski definition) is 1. The molecule has 0 unspecified atom stereocenters. The zero-order chi connectivity index (χ0) is 16.1. The summed E-state index contributed by atoms with van der Waals surface area (Å²) in [6.07, 6.45) is 10.8. The average Bonchev–Trinajstić information content (AvgIpc) is 3.34. The molecule has 1 saturated carbocycles. The third-order valence-electron chi connectivity index (χ3n) is 4.49. The summed E-state index contributed by atoms with van der Waals surface area (Å²) in [5, 5.41) is 12.5. The maximum Gasteiger partial charge on any atom is 0.230 e. The Kier molecular flexibility index (Phi) is 5.75. The van der Waals surface area contributed by atoms with Crippen molar-refractivity contribution in [3.8, 4) is 0 Å². The topological polar surface area (TPSA) is 59.8 Å². The SMILES string of the molecule is CCn1c(SCC(=O)NCCC2=CCCCC2)nnc1C1CC1. The highest BCUT2D eigenvalue weighted by Crippen LogP contribution is 2.39. The first-order valence-corrected chi connectivity index (χ1v) is 9.77. The molecule has 1 aromatic rings. The monoisotopic (exact) mass is 334 g/mol. The largest absolute Gasteiger partial charge is 0.355 e. The summed E-state index contributed by atoms with van der Waals surface area (Å²) in [5.41, 5.74) is 1.50. The number of thioether (sulfide) groups is 1. The minimum absolute atomic E-state index is 0.0880. The first kappa shape index (κ1) is 16.6. The molecule has 1 N–H and O–H groups in total. The lowest BCUT2D eigenvalue weighted by Gasteiger charge is -2.12. The summed E-state index contributed by atoms with van der Waals surface area (Å²) >= 11 is 1.49. The zero-order valence-electron chi connectivity index (χ0n) is 13.9. The molecule has 0 saturated heterocycles. The van der Waals surface area contributed by atoms with Gasteiger partial charge < -0.3 is 9.88 Å². The maximum absolute atomic E-state index is 12.0. The summed E-state index contributed by atoms with van der Waals surface area (Å²) in [6, 6.07) is 0. The van der Waals surface area contributed by atoms with Crippen LogP contribution >= 0.6 is 11.8 Å². The summed E-state index contributed by atoms with van der Waals surface area (Å²) in [7, 11) is 0. The van der Waals surface area contributed by atoms with Crippen molar-refractivity contribution in [1.82, 2.24) is 20.1 Å². The molecule has 0 aliphatic heterocycles. The van der Waals surface area contributed by atoms with Crippen LogP contribution in [0.3, 0.4) is 0 Å². The zero-order valence-corrected chi connectivity index (χ0v) is 14.7. The lowest BCUT2D eigenvalue weighted by molar-refractivity contribution is -0.118. The molecule has 2 aliphatic rings.